The van der Waals surface area contributed by atoms with Crippen LogP contribution in [0, 0.1) is 11.3 Å². The Balaban J connectivity index is 0.00000324. The van der Waals surface area contributed by atoms with E-state index >= 15 is 0 Å². The molecule has 178 valence electrons. The van der Waals surface area contributed by atoms with Gasteiger partial charge in [0.15, 0.2) is 0 Å². The molecule has 0 amide bonds. The summed E-state index contributed by atoms with van der Waals surface area (Å²) in [5, 5.41) is 9.46. The van der Waals surface area contributed by atoms with Gasteiger partial charge in [-0.2, -0.15) is 22.3 Å². The van der Waals surface area contributed by atoms with Crippen LogP contribution in [0.25, 0.3) is 0 Å². The SMILES string of the molecule is C.CN(C)S(=O)(=O)N1Cc2cc(C#N)ccc2N(Cc2cccnc2)C[C@H]1Cc1ccccc1. The molecule has 0 saturated heterocycles. The molecule has 0 unspecified atom stereocenters. The van der Waals surface area contributed by atoms with E-state index in [0.717, 1.165) is 22.4 Å². The zero-order chi connectivity index (χ0) is 23.4. The number of pyridine rings is 1. The van der Waals surface area contributed by atoms with Crippen LogP contribution in [0.5, 0.6) is 0 Å². The molecule has 1 aromatic heterocycles. The van der Waals surface area contributed by atoms with Crippen molar-refractivity contribution < 1.29 is 8.42 Å². The molecule has 2 aromatic carbocycles. The third-order valence-corrected chi connectivity index (χ3v) is 7.82. The topological polar surface area (TPSA) is 80.5 Å². The second-order valence-corrected chi connectivity index (χ2v) is 10.5. The molecule has 3 aromatic rings. The predicted molar refractivity (Wildman–Crippen MR) is 135 cm³/mol. The molecule has 0 bridgehead atoms. The van der Waals surface area contributed by atoms with Crippen LogP contribution in [0.4, 0.5) is 5.69 Å². The summed E-state index contributed by atoms with van der Waals surface area (Å²) in [6.07, 6.45) is 4.15. The van der Waals surface area contributed by atoms with Crippen LogP contribution in [0.3, 0.4) is 0 Å². The van der Waals surface area contributed by atoms with E-state index in [-0.39, 0.29) is 20.0 Å². The van der Waals surface area contributed by atoms with E-state index < -0.39 is 10.2 Å². The lowest BCUT2D eigenvalue weighted by Gasteiger charge is -2.33. The standard InChI is InChI=1S/C25H27N5O2S.CH4/c1-28(2)33(31,32)30-18-23-13-21(15-26)10-11-25(23)29(17-22-9-6-12-27-16-22)19-24(30)14-20-7-4-3-5-8-20;/h3-13,16,24H,14,17-19H2,1-2H3;1H4/t24-;/m1./s1. The first-order chi connectivity index (χ1) is 15.9. The van der Waals surface area contributed by atoms with Crippen molar-refractivity contribution in [2.75, 3.05) is 25.5 Å². The summed E-state index contributed by atoms with van der Waals surface area (Å²) in [7, 11) is -0.596. The highest BCUT2D eigenvalue weighted by Crippen LogP contribution is 2.32. The number of fused-ring (bicyclic) bond motifs is 1. The molecular weight excluding hydrogens is 446 g/mol. The van der Waals surface area contributed by atoms with Crippen LogP contribution in [-0.2, 0) is 29.7 Å². The summed E-state index contributed by atoms with van der Waals surface area (Å²) in [5.74, 6) is 0. The number of nitriles is 1. The van der Waals surface area contributed by atoms with E-state index in [2.05, 4.69) is 16.0 Å². The molecule has 0 fully saturated rings. The molecule has 1 aliphatic rings. The first-order valence-electron chi connectivity index (χ1n) is 10.8. The van der Waals surface area contributed by atoms with Crippen molar-refractivity contribution in [2.24, 2.45) is 0 Å². The van der Waals surface area contributed by atoms with Gasteiger partial charge in [0.05, 0.1) is 11.6 Å². The van der Waals surface area contributed by atoms with Crippen LogP contribution >= 0.6 is 0 Å². The maximum atomic E-state index is 13.4. The highest BCUT2D eigenvalue weighted by Gasteiger charge is 2.36. The van der Waals surface area contributed by atoms with E-state index in [1.165, 1.54) is 4.31 Å². The normalized spacial score (nSPS) is 16.3. The fraction of sp³-hybridized carbons (Fsp3) is 0.308. The largest absolute Gasteiger partial charge is 0.365 e. The Morgan fingerprint density at radius 3 is 2.47 bits per heavy atom. The quantitative estimate of drug-likeness (QED) is 0.539. The van der Waals surface area contributed by atoms with Gasteiger partial charge in [0.2, 0.25) is 0 Å². The summed E-state index contributed by atoms with van der Waals surface area (Å²) in [6.45, 7) is 1.30. The van der Waals surface area contributed by atoms with Gasteiger partial charge in [-0.15, -0.1) is 0 Å². The average molecular weight is 478 g/mol. The second-order valence-electron chi connectivity index (χ2n) is 8.38. The van der Waals surface area contributed by atoms with Crippen LogP contribution in [0.2, 0.25) is 0 Å². The van der Waals surface area contributed by atoms with Crippen molar-refractivity contribution in [1.29, 1.82) is 5.26 Å². The molecule has 2 heterocycles. The molecule has 1 atom stereocenters. The molecule has 0 saturated carbocycles. The monoisotopic (exact) mass is 477 g/mol. The number of anilines is 1. The predicted octanol–water partition coefficient (Wildman–Crippen LogP) is 3.83. The summed E-state index contributed by atoms with van der Waals surface area (Å²) in [6, 6.07) is 21.3. The van der Waals surface area contributed by atoms with Gasteiger partial charge < -0.3 is 4.90 Å². The van der Waals surface area contributed by atoms with Gasteiger partial charge in [0, 0.05) is 57.9 Å². The maximum Gasteiger partial charge on any atom is 0.282 e. The minimum absolute atomic E-state index is 0. The fourth-order valence-electron chi connectivity index (χ4n) is 4.23. The average Bonchev–Trinajstić information content (AvgIpc) is 2.97. The Labute approximate surface area is 203 Å². The van der Waals surface area contributed by atoms with Gasteiger partial charge in [-0.3, -0.25) is 4.98 Å². The summed E-state index contributed by atoms with van der Waals surface area (Å²) in [4.78, 5) is 6.44. The summed E-state index contributed by atoms with van der Waals surface area (Å²) >= 11 is 0. The zero-order valence-corrected chi connectivity index (χ0v) is 19.6. The molecule has 4 rings (SSSR count). The van der Waals surface area contributed by atoms with Crippen molar-refractivity contribution in [3.63, 3.8) is 0 Å². The van der Waals surface area contributed by atoms with Crippen molar-refractivity contribution in [2.45, 2.75) is 33.0 Å². The minimum atomic E-state index is -3.71. The number of benzene rings is 2. The Hall–Kier alpha value is -3.25. The zero-order valence-electron chi connectivity index (χ0n) is 18.8. The van der Waals surface area contributed by atoms with Gasteiger partial charge in [0.1, 0.15) is 0 Å². The maximum absolute atomic E-state index is 13.4. The lowest BCUT2D eigenvalue weighted by atomic mass is 10.1. The number of hydrogen-bond acceptors (Lipinski definition) is 5. The Bertz CT molecular complexity index is 1240. The van der Waals surface area contributed by atoms with Gasteiger partial charge >= 0.3 is 0 Å². The molecule has 34 heavy (non-hydrogen) atoms. The molecule has 0 radical (unpaired) electrons. The smallest absolute Gasteiger partial charge is 0.282 e. The Kier molecular flexibility index (Phi) is 8.05. The Morgan fingerprint density at radius 1 is 1.09 bits per heavy atom. The number of rotatable bonds is 6. The lowest BCUT2D eigenvalue weighted by molar-refractivity contribution is 0.297. The van der Waals surface area contributed by atoms with Gasteiger partial charge in [0.25, 0.3) is 10.2 Å². The van der Waals surface area contributed by atoms with Gasteiger partial charge in [-0.05, 0) is 47.4 Å². The van der Waals surface area contributed by atoms with Crippen molar-refractivity contribution in [3.05, 3.63) is 95.3 Å². The van der Waals surface area contributed by atoms with E-state index in [9.17, 15) is 13.7 Å². The summed E-state index contributed by atoms with van der Waals surface area (Å²) in [5.41, 5.74) is 4.38. The van der Waals surface area contributed by atoms with Gasteiger partial charge in [-0.1, -0.05) is 43.8 Å². The highest BCUT2D eigenvalue weighted by atomic mass is 32.2. The van der Waals surface area contributed by atoms with Crippen LogP contribution in [0.1, 0.15) is 29.7 Å². The number of hydrogen-bond donors (Lipinski definition) is 0. The van der Waals surface area contributed by atoms with E-state index in [1.54, 1.807) is 36.7 Å². The first kappa shape index (κ1) is 25.4. The Morgan fingerprint density at radius 2 is 1.82 bits per heavy atom. The molecule has 8 heteroatoms. The van der Waals surface area contributed by atoms with Crippen LogP contribution in [0.15, 0.2) is 73.1 Å². The molecule has 0 aliphatic carbocycles. The molecule has 7 nitrogen and oxygen atoms in total. The number of nitrogens with zero attached hydrogens (tertiary/aromatic N) is 5. The van der Waals surface area contributed by atoms with Crippen molar-refractivity contribution >= 4 is 15.9 Å². The lowest BCUT2D eigenvalue weighted by Crippen LogP contribution is -2.49. The molecule has 0 N–H and O–H groups in total. The van der Waals surface area contributed by atoms with Crippen LogP contribution in [-0.4, -0.2) is 48.7 Å². The number of aromatic nitrogens is 1. The minimum Gasteiger partial charge on any atom is -0.365 e. The van der Waals surface area contributed by atoms with Crippen molar-refractivity contribution in [3.8, 4) is 6.07 Å². The van der Waals surface area contributed by atoms with E-state index in [0.29, 0.717) is 25.1 Å². The molecular formula is C26H31N5O2S. The van der Waals surface area contributed by atoms with E-state index in [1.807, 2.05) is 54.7 Å². The van der Waals surface area contributed by atoms with Crippen molar-refractivity contribution in [1.82, 2.24) is 13.6 Å². The first-order valence-corrected chi connectivity index (χ1v) is 12.2. The second kappa shape index (κ2) is 10.8. The highest BCUT2D eigenvalue weighted by molar-refractivity contribution is 7.86. The third-order valence-electron chi connectivity index (χ3n) is 5.88. The summed E-state index contributed by atoms with van der Waals surface area (Å²) < 4.78 is 29.7. The molecule has 1 aliphatic heterocycles. The van der Waals surface area contributed by atoms with Crippen LogP contribution < -0.4 is 4.90 Å². The third kappa shape index (κ3) is 5.45. The van der Waals surface area contributed by atoms with E-state index in [4.69, 9.17) is 0 Å². The van der Waals surface area contributed by atoms with Gasteiger partial charge in [-0.25, -0.2) is 0 Å². The molecule has 0 spiro atoms. The fourth-order valence-corrected chi connectivity index (χ4v) is 5.46.